The maximum Gasteiger partial charge on any atom is 0.416 e. The van der Waals surface area contributed by atoms with E-state index in [0.717, 1.165) is 29.9 Å². The molecule has 1 atom stereocenters. The Kier molecular flexibility index (Phi) is 5.69. The van der Waals surface area contributed by atoms with E-state index in [2.05, 4.69) is 5.32 Å². The number of hydrogen-bond acceptors (Lipinski definition) is 3. The van der Waals surface area contributed by atoms with Crippen LogP contribution < -0.4 is 10.2 Å². The number of nitrogens with one attached hydrogen (secondary N) is 1. The smallest absolute Gasteiger partial charge is 0.416 e. The van der Waals surface area contributed by atoms with E-state index in [-0.39, 0.29) is 24.7 Å². The van der Waals surface area contributed by atoms with Crippen molar-refractivity contribution in [2.75, 3.05) is 18.0 Å². The summed E-state index contributed by atoms with van der Waals surface area (Å²) >= 11 is 0. The number of nitrogens with zero attached hydrogens (tertiary/aromatic N) is 1. The maximum absolute atomic E-state index is 12.8. The molecule has 1 aliphatic rings. The summed E-state index contributed by atoms with van der Waals surface area (Å²) in [5.74, 6) is -0.134. The SMILES string of the molecule is CCCCC(=O)NCC1CN(c2cccc(C(F)(F)F)c2)C(=O)O1. The summed E-state index contributed by atoms with van der Waals surface area (Å²) in [5.41, 5.74) is -0.709. The van der Waals surface area contributed by atoms with Gasteiger partial charge in [0, 0.05) is 12.1 Å². The number of unbranched alkanes of at least 4 members (excludes halogenated alkanes) is 1. The Labute approximate surface area is 137 Å². The average molecular weight is 344 g/mol. The van der Waals surface area contributed by atoms with Gasteiger partial charge >= 0.3 is 12.3 Å². The Hall–Kier alpha value is -2.25. The number of cyclic esters (lactones) is 1. The molecule has 1 unspecified atom stereocenters. The number of ether oxygens (including phenoxy) is 1. The highest BCUT2D eigenvalue weighted by atomic mass is 19.4. The van der Waals surface area contributed by atoms with Gasteiger partial charge < -0.3 is 10.1 Å². The summed E-state index contributed by atoms with van der Waals surface area (Å²) in [6.07, 6.45) is -3.72. The molecule has 1 aromatic carbocycles. The van der Waals surface area contributed by atoms with Gasteiger partial charge in [-0.05, 0) is 24.6 Å². The number of carbonyl (C=O) groups is 2. The van der Waals surface area contributed by atoms with Crippen LogP contribution in [0, 0.1) is 0 Å². The van der Waals surface area contributed by atoms with E-state index in [4.69, 9.17) is 4.74 Å². The van der Waals surface area contributed by atoms with E-state index in [1.54, 1.807) is 0 Å². The molecule has 5 nitrogen and oxygen atoms in total. The van der Waals surface area contributed by atoms with Gasteiger partial charge in [-0.15, -0.1) is 0 Å². The van der Waals surface area contributed by atoms with Gasteiger partial charge in [-0.1, -0.05) is 19.4 Å². The van der Waals surface area contributed by atoms with E-state index in [9.17, 15) is 22.8 Å². The lowest BCUT2D eigenvalue weighted by molar-refractivity contribution is -0.137. The fraction of sp³-hybridized carbons (Fsp3) is 0.500. The quantitative estimate of drug-likeness (QED) is 0.861. The molecule has 2 amide bonds. The first kappa shape index (κ1) is 18.1. The van der Waals surface area contributed by atoms with Crippen LogP contribution in [0.2, 0.25) is 0 Å². The van der Waals surface area contributed by atoms with Gasteiger partial charge in [-0.2, -0.15) is 13.2 Å². The third kappa shape index (κ3) is 4.62. The van der Waals surface area contributed by atoms with Crippen molar-refractivity contribution in [2.45, 2.75) is 38.5 Å². The molecule has 1 N–H and O–H groups in total. The Morgan fingerprint density at radius 3 is 2.83 bits per heavy atom. The molecule has 0 radical (unpaired) electrons. The molecule has 1 fully saturated rings. The second-order valence-corrected chi connectivity index (χ2v) is 5.57. The number of hydrogen-bond donors (Lipinski definition) is 1. The molecule has 1 aliphatic heterocycles. The number of amides is 2. The fourth-order valence-electron chi connectivity index (χ4n) is 2.34. The molecule has 1 aromatic rings. The highest BCUT2D eigenvalue weighted by Gasteiger charge is 2.35. The molecule has 1 heterocycles. The van der Waals surface area contributed by atoms with Gasteiger partial charge in [0.25, 0.3) is 0 Å². The fourth-order valence-corrected chi connectivity index (χ4v) is 2.34. The van der Waals surface area contributed by atoms with Crippen LogP contribution in [0.1, 0.15) is 31.7 Å². The minimum Gasteiger partial charge on any atom is -0.442 e. The average Bonchev–Trinajstić information content (AvgIpc) is 2.91. The minimum atomic E-state index is -4.48. The second-order valence-electron chi connectivity index (χ2n) is 5.57. The molecule has 0 saturated carbocycles. The molecule has 2 rings (SSSR count). The van der Waals surface area contributed by atoms with Crippen molar-refractivity contribution in [2.24, 2.45) is 0 Å². The molecule has 0 aromatic heterocycles. The number of halogens is 3. The zero-order chi connectivity index (χ0) is 17.7. The predicted octanol–water partition coefficient (Wildman–Crippen LogP) is 3.34. The van der Waals surface area contributed by atoms with Crippen LogP contribution >= 0.6 is 0 Å². The van der Waals surface area contributed by atoms with Crippen LogP contribution in [0.4, 0.5) is 23.7 Å². The zero-order valence-corrected chi connectivity index (χ0v) is 13.2. The van der Waals surface area contributed by atoms with Crippen LogP contribution in [0.3, 0.4) is 0 Å². The monoisotopic (exact) mass is 344 g/mol. The van der Waals surface area contributed by atoms with Gasteiger partial charge in [-0.3, -0.25) is 9.69 Å². The van der Waals surface area contributed by atoms with Crippen molar-refractivity contribution in [3.8, 4) is 0 Å². The van der Waals surface area contributed by atoms with Gasteiger partial charge in [0.15, 0.2) is 0 Å². The molecule has 24 heavy (non-hydrogen) atoms. The third-order valence-electron chi connectivity index (χ3n) is 3.64. The zero-order valence-electron chi connectivity index (χ0n) is 13.2. The highest BCUT2D eigenvalue weighted by molar-refractivity contribution is 5.90. The first-order chi connectivity index (χ1) is 11.3. The first-order valence-corrected chi connectivity index (χ1v) is 7.73. The lowest BCUT2D eigenvalue weighted by Crippen LogP contribution is -2.34. The Bertz CT molecular complexity index is 604. The summed E-state index contributed by atoms with van der Waals surface area (Å²) in [5, 5.41) is 2.66. The standard InChI is InChI=1S/C16H19F3N2O3/c1-2-3-7-14(22)20-9-13-10-21(15(23)24-13)12-6-4-5-11(8-12)16(17,18)19/h4-6,8,13H,2-3,7,9-10H2,1H3,(H,20,22). The van der Waals surface area contributed by atoms with E-state index < -0.39 is 23.9 Å². The molecule has 0 spiro atoms. The number of anilines is 1. The summed E-state index contributed by atoms with van der Waals surface area (Å²) < 4.78 is 43.4. The van der Waals surface area contributed by atoms with Crippen LogP contribution in [-0.4, -0.2) is 31.2 Å². The van der Waals surface area contributed by atoms with Crippen molar-refractivity contribution in [3.05, 3.63) is 29.8 Å². The molecule has 0 aliphatic carbocycles. The summed E-state index contributed by atoms with van der Waals surface area (Å²) in [7, 11) is 0. The molecule has 0 bridgehead atoms. The normalized spacial score (nSPS) is 17.8. The highest BCUT2D eigenvalue weighted by Crippen LogP contribution is 2.32. The largest absolute Gasteiger partial charge is 0.442 e. The molecule has 1 saturated heterocycles. The van der Waals surface area contributed by atoms with Gasteiger partial charge in [0.1, 0.15) is 6.10 Å². The van der Waals surface area contributed by atoms with E-state index in [1.807, 2.05) is 6.92 Å². The number of alkyl halides is 3. The Morgan fingerprint density at radius 1 is 1.42 bits per heavy atom. The first-order valence-electron chi connectivity index (χ1n) is 7.73. The minimum absolute atomic E-state index is 0.0915. The van der Waals surface area contributed by atoms with Crippen LogP contribution in [0.5, 0.6) is 0 Å². The van der Waals surface area contributed by atoms with Crippen molar-refractivity contribution in [3.63, 3.8) is 0 Å². The van der Waals surface area contributed by atoms with Crippen LogP contribution in [-0.2, 0) is 15.7 Å². The Morgan fingerprint density at radius 2 is 2.17 bits per heavy atom. The summed E-state index contributed by atoms with van der Waals surface area (Å²) in [6, 6.07) is 4.50. The van der Waals surface area contributed by atoms with E-state index in [0.29, 0.717) is 6.42 Å². The van der Waals surface area contributed by atoms with Crippen LogP contribution in [0.25, 0.3) is 0 Å². The predicted molar refractivity (Wildman–Crippen MR) is 81.6 cm³/mol. The van der Waals surface area contributed by atoms with Crippen molar-refractivity contribution >= 4 is 17.7 Å². The summed E-state index contributed by atoms with van der Waals surface area (Å²) in [4.78, 5) is 24.6. The second kappa shape index (κ2) is 7.55. The maximum atomic E-state index is 12.8. The lowest BCUT2D eigenvalue weighted by atomic mass is 10.2. The van der Waals surface area contributed by atoms with E-state index >= 15 is 0 Å². The topological polar surface area (TPSA) is 58.6 Å². The number of rotatable bonds is 6. The van der Waals surface area contributed by atoms with Crippen LogP contribution in [0.15, 0.2) is 24.3 Å². The molecular weight excluding hydrogens is 325 g/mol. The van der Waals surface area contributed by atoms with Gasteiger partial charge in [0.05, 0.1) is 18.7 Å². The molecular formula is C16H19F3N2O3. The summed E-state index contributed by atoms with van der Waals surface area (Å²) in [6.45, 7) is 2.21. The van der Waals surface area contributed by atoms with Crippen molar-refractivity contribution in [1.82, 2.24) is 5.32 Å². The van der Waals surface area contributed by atoms with Gasteiger partial charge in [-0.25, -0.2) is 4.79 Å². The third-order valence-corrected chi connectivity index (χ3v) is 3.64. The Balaban J connectivity index is 1.96. The lowest BCUT2D eigenvalue weighted by Gasteiger charge is -2.15. The number of benzene rings is 1. The van der Waals surface area contributed by atoms with Crippen molar-refractivity contribution in [1.29, 1.82) is 0 Å². The van der Waals surface area contributed by atoms with E-state index in [1.165, 1.54) is 12.1 Å². The van der Waals surface area contributed by atoms with Gasteiger partial charge in [0.2, 0.25) is 5.91 Å². The molecule has 8 heteroatoms. The number of carbonyl (C=O) groups excluding carboxylic acids is 2. The molecule has 132 valence electrons. The van der Waals surface area contributed by atoms with Crippen molar-refractivity contribution < 1.29 is 27.5 Å².